The van der Waals surface area contributed by atoms with Gasteiger partial charge in [-0.2, -0.15) is 11.8 Å². The molecular weight excluding hydrogens is 274 g/mol. The monoisotopic (exact) mass is 297 g/mol. The molecule has 0 spiro atoms. The first kappa shape index (κ1) is 16.9. The van der Waals surface area contributed by atoms with Crippen molar-refractivity contribution in [2.24, 2.45) is 0 Å². The summed E-state index contributed by atoms with van der Waals surface area (Å²) in [5, 5.41) is 12.0. The molecule has 1 amide bonds. The van der Waals surface area contributed by atoms with Gasteiger partial charge in [0, 0.05) is 11.5 Å². The van der Waals surface area contributed by atoms with Crippen LogP contribution in [0.25, 0.3) is 0 Å². The van der Waals surface area contributed by atoms with E-state index in [-0.39, 0.29) is 12.6 Å². The van der Waals surface area contributed by atoms with E-state index in [0.717, 1.165) is 5.75 Å². The van der Waals surface area contributed by atoms with Gasteiger partial charge in [-0.05, 0) is 26.3 Å². The minimum absolute atomic E-state index is 0.0962. The molecular formula is C15H23NO3S. The third-order valence-electron chi connectivity index (χ3n) is 2.37. The van der Waals surface area contributed by atoms with Crippen LogP contribution in [0.1, 0.15) is 26.3 Å². The minimum Gasteiger partial charge on any atom is -0.444 e. The summed E-state index contributed by atoms with van der Waals surface area (Å²) < 4.78 is 5.16. The zero-order chi connectivity index (χ0) is 15.0. The topological polar surface area (TPSA) is 58.6 Å². The van der Waals surface area contributed by atoms with Gasteiger partial charge >= 0.3 is 6.09 Å². The van der Waals surface area contributed by atoms with Crippen molar-refractivity contribution in [3.8, 4) is 0 Å². The summed E-state index contributed by atoms with van der Waals surface area (Å²) in [5.41, 5.74) is 0.702. The van der Waals surface area contributed by atoms with E-state index in [2.05, 4.69) is 17.4 Å². The highest BCUT2D eigenvalue weighted by atomic mass is 32.2. The molecule has 20 heavy (non-hydrogen) atoms. The van der Waals surface area contributed by atoms with Gasteiger partial charge in [0.05, 0.1) is 12.6 Å². The van der Waals surface area contributed by atoms with Crippen molar-refractivity contribution >= 4 is 17.9 Å². The van der Waals surface area contributed by atoms with Crippen LogP contribution in [-0.2, 0) is 10.5 Å². The first-order chi connectivity index (χ1) is 9.40. The Labute approximate surface area is 124 Å². The zero-order valence-electron chi connectivity index (χ0n) is 12.3. The minimum atomic E-state index is -0.527. The molecule has 1 rings (SSSR count). The van der Waals surface area contributed by atoms with Gasteiger partial charge in [-0.15, -0.1) is 0 Å². The molecule has 0 saturated carbocycles. The maximum atomic E-state index is 11.6. The summed E-state index contributed by atoms with van der Waals surface area (Å²) >= 11 is 1.67. The maximum Gasteiger partial charge on any atom is 0.407 e. The summed E-state index contributed by atoms with van der Waals surface area (Å²) in [4.78, 5) is 11.6. The van der Waals surface area contributed by atoms with E-state index >= 15 is 0 Å². The Morgan fingerprint density at radius 3 is 2.55 bits per heavy atom. The summed E-state index contributed by atoms with van der Waals surface area (Å²) in [7, 11) is 0. The molecule has 2 N–H and O–H groups in total. The van der Waals surface area contributed by atoms with Crippen LogP contribution >= 0.6 is 11.8 Å². The second kappa shape index (κ2) is 8.17. The van der Waals surface area contributed by atoms with Gasteiger partial charge in [0.15, 0.2) is 0 Å². The van der Waals surface area contributed by atoms with Crippen LogP contribution in [0.2, 0.25) is 0 Å². The predicted molar refractivity (Wildman–Crippen MR) is 82.8 cm³/mol. The Bertz CT molecular complexity index is 403. The quantitative estimate of drug-likeness (QED) is 0.847. The lowest BCUT2D eigenvalue weighted by Gasteiger charge is -2.22. The standard InChI is InChI=1S/C15H23NO3S/c1-15(2,3)19-14(18)16-13(9-17)11-20-10-12-7-5-4-6-8-12/h4-8,13,17H,9-11H2,1-3H3,(H,16,18)/t13-/m1/s1. The Hall–Kier alpha value is -1.20. The van der Waals surface area contributed by atoms with E-state index in [1.807, 2.05) is 39.0 Å². The molecule has 1 aromatic carbocycles. The molecule has 0 unspecified atom stereocenters. The number of ether oxygens (including phenoxy) is 1. The second-order valence-electron chi connectivity index (χ2n) is 5.53. The lowest BCUT2D eigenvalue weighted by Crippen LogP contribution is -2.42. The molecule has 0 aliphatic carbocycles. The van der Waals surface area contributed by atoms with E-state index < -0.39 is 11.7 Å². The van der Waals surface area contributed by atoms with Crippen molar-refractivity contribution in [3.05, 3.63) is 35.9 Å². The number of carbonyl (C=O) groups excluding carboxylic acids is 1. The number of alkyl carbamates (subject to hydrolysis) is 1. The molecule has 0 heterocycles. The van der Waals surface area contributed by atoms with Crippen LogP contribution in [0.5, 0.6) is 0 Å². The number of thioether (sulfide) groups is 1. The first-order valence-electron chi connectivity index (χ1n) is 6.63. The average molecular weight is 297 g/mol. The van der Waals surface area contributed by atoms with Crippen molar-refractivity contribution < 1.29 is 14.6 Å². The molecule has 0 saturated heterocycles. The fourth-order valence-corrected chi connectivity index (χ4v) is 2.53. The van der Waals surface area contributed by atoms with Gasteiger partial charge in [0.2, 0.25) is 0 Å². The van der Waals surface area contributed by atoms with Crippen LogP contribution in [0, 0.1) is 0 Å². The predicted octanol–water partition coefficient (Wildman–Crippen LogP) is 2.81. The molecule has 1 aromatic rings. The van der Waals surface area contributed by atoms with E-state index in [1.54, 1.807) is 11.8 Å². The molecule has 5 heteroatoms. The number of nitrogens with one attached hydrogen (secondary N) is 1. The van der Waals surface area contributed by atoms with Crippen LogP contribution in [0.15, 0.2) is 30.3 Å². The Balaban J connectivity index is 2.31. The number of rotatable bonds is 6. The van der Waals surface area contributed by atoms with Crippen LogP contribution < -0.4 is 5.32 Å². The molecule has 0 bridgehead atoms. The Kier molecular flexibility index (Phi) is 6.88. The van der Waals surface area contributed by atoms with Crippen LogP contribution in [-0.4, -0.2) is 35.2 Å². The third kappa shape index (κ3) is 7.40. The van der Waals surface area contributed by atoms with E-state index in [9.17, 15) is 9.90 Å². The average Bonchev–Trinajstić information content (AvgIpc) is 2.36. The SMILES string of the molecule is CC(C)(C)OC(=O)N[C@H](CO)CSCc1ccccc1. The normalized spacial score (nSPS) is 12.8. The first-order valence-corrected chi connectivity index (χ1v) is 7.78. The molecule has 0 radical (unpaired) electrons. The number of aliphatic hydroxyl groups is 1. The summed E-state index contributed by atoms with van der Waals surface area (Å²) in [6.07, 6.45) is -0.489. The molecule has 112 valence electrons. The molecule has 0 fully saturated rings. The molecule has 0 aliphatic heterocycles. The van der Waals surface area contributed by atoms with Gasteiger partial charge in [-0.1, -0.05) is 30.3 Å². The number of carbonyl (C=O) groups is 1. The van der Waals surface area contributed by atoms with Gasteiger partial charge in [-0.3, -0.25) is 0 Å². The van der Waals surface area contributed by atoms with E-state index in [0.29, 0.717) is 5.75 Å². The largest absolute Gasteiger partial charge is 0.444 e. The van der Waals surface area contributed by atoms with Crippen molar-refractivity contribution in [1.29, 1.82) is 0 Å². The summed E-state index contributed by atoms with van der Waals surface area (Å²) in [5.74, 6) is 1.50. The molecule has 0 aliphatic rings. The highest BCUT2D eigenvalue weighted by Crippen LogP contribution is 2.13. The highest BCUT2D eigenvalue weighted by Gasteiger charge is 2.19. The van der Waals surface area contributed by atoms with Crippen molar-refractivity contribution in [2.75, 3.05) is 12.4 Å². The molecule has 1 atom stereocenters. The number of hydrogen-bond donors (Lipinski definition) is 2. The third-order valence-corrected chi connectivity index (χ3v) is 3.55. The lowest BCUT2D eigenvalue weighted by molar-refractivity contribution is 0.0491. The van der Waals surface area contributed by atoms with E-state index in [4.69, 9.17) is 4.74 Å². The highest BCUT2D eigenvalue weighted by molar-refractivity contribution is 7.98. The van der Waals surface area contributed by atoms with Gasteiger partial charge in [0.25, 0.3) is 0 Å². The van der Waals surface area contributed by atoms with E-state index in [1.165, 1.54) is 5.56 Å². The second-order valence-corrected chi connectivity index (χ2v) is 6.56. The Morgan fingerprint density at radius 1 is 1.35 bits per heavy atom. The zero-order valence-corrected chi connectivity index (χ0v) is 13.1. The fourth-order valence-electron chi connectivity index (χ4n) is 1.51. The summed E-state index contributed by atoms with van der Waals surface area (Å²) in [6.45, 7) is 5.33. The van der Waals surface area contributed by atoms with Crippen molar-refractivity contribution in [1.82, 2.24) is 5.32 Å². The number of benzene rings is 1. The Morgan fingerprint density at radius 2 is 2.00 bits per heavy atom. The number of hydrogen-bond acceptors (Lipinski definition) is 4. The van der Waals surface area contributed by atoms with Gasteiger partial charge in [-0.25, -0.2) is 4.79 Å². The number of amides is 1. The maximum absolute atomic E-state index is 11.6. The van der Waals surface area contributed by atoms with Gasteiger partial charge in [0.1, 0.15) is 5.60 Å². The fraction of sp³-hybridized carbons (Fsp3) is 0.533. The van der Waals surface area contributed by atoms with Crippen molar-refractivity contribution in [3.63, 3.8) is 0 Å². The molecule has 4 nitrogen and oxygen atoms in total. The van der Waals surface area contributed by atoms with Gasteiger partial charge < -0.3 is 15.2 Å². The lowest BCUT2D eigenvalue weighted by atomic mass is 10.2. The molecule has 0 aromatic heterocycles. The van der Waals surface area contributed by atoms with Crippen molar-refractivity contribution in [2.45, 2.75) is 38.2 Å². The summed E-state index contributed by atoms with van der Waals surface area (Å²) in [6, 6.07) is 9.80. The number of aliphatic hydroxyl groups excluding tert-OH is 1. The van der Waals surface area contributed by atoms with Crippen LogP contribution in [0.4, 0.5) is 4.79 Å². The smallest absolute Gasteiger partial charge is 0.407 e. The van der Waals surface area contributed by atoms with Crippen LogP contribution in [0.3, 0.4) is 0 Å².